The summed E-state index contributed by atoms with van der Waals surface area (Å²) in [4.78, 5) is 20.6. The van der Waals surface area contributed by atoms with Gasteiger partial charge >= 0.3 is 0 Å². The summed E-state index contributed by atoms with van der Waals surface area (Å²) in [5.41, 5.74) is 6.30. The zero-order valence-electron chi connectivity index (χ0n) is 18.3. The molecule has 3 aromatic carbocycles. The molecule has 1 heterocycles. The Hall–Kier alpha value is -3.11. The Labute approximate surface area is 188 Å². The van der Waals surface area contributed by atoms with E-state index in [1.807, 2.05) is 61.5 Å². The van der Waals surface area contributed by atoms with Crippen molar-refractivity contribution >= 4 is 40.3 Å². The van der Waals surface area contributed by atoms with Gasteiger partial charge in [-0.05, 0) is 73.0 Å². The minimum atomic E-state index is -0.0485. The summed E-state index contributed by atoms with van der Waals surface area (Å²) in [5, 5.41) is 0.669. The van der Waals surface area contributed by atoms with Gasteiger partial charge in [-0.1, -0.05) is 73.5 Å². The molecule has 3 aromatic rings. The van der Waals surface area contributed by atoms with Crippen LogP contribution in [-0.2, 0) is 4.79 Å². The highest BCUT2D eigenvalue weighted by Crippen LogP contribution is 2.37. The van der Waals surface area contributed by atoms with Crippen LogP contribution < -0.4 is 4.90 Å². The Morgan fingerprint density at radius 2 is 1.42 bits per heavy atom. The quantitative estimate of drug-likeness (QED) is 0.412. The average molecular weight is 427 g/mol. The third-order valence-corrected chi connectivity index (χ3v) is 6.23. The topological polar surface area (TPSA) is 32.7 Å². The first-order chi connectivity index (χ1) is 14.9. The van der Waals surface area contributed by atoms with Gasteiger partial charge in [-0.15, -0.1) is 0 Å². The number of carbonyl (C=O) groups is 1. The predicted octanol–water partition coefficient (Wildman–Crippen LogP) is 7.24. The van der Waals surface area contributed by atoms with Crippen LogP contribution in [0.1, 0.15) is 42.0 Å². The van der Waals surface area contributed by atoms with Gasteiger partial charge in [0.2, 0.25) is 0 Å². The minimum Gasteiger partial charge on any atom is -0.268 e. The molecular weight excluding hydrogens is 400 g/mol. The third kappa shape index (κ3) is 4.80. The number of amidine groups is 1. The van der Waals surface area contributed by atoms with Gasteiger partial charge in [0.15, 0.2) is 5.17 Å². The van der Waals surface area contributed by atoms with Gasteiger partial charge in [0.05, 0.1) is 16.3 Å². The molecule has 156 valence electrons. The van der Waals surface area contributed by atoms with Gasteiger partial charge in [0, 0.05) is 0 Å². The maximum absolute atomic E-state index is 13.4. The van der Waals surface area contributed by atoms with Crippen LogP contribution in [0.25, 0.3) is 6.08 Å². The van der Waals surface area contributed by atoms with Crippen molar-refractivity contribution in [3.8, 4) is 0 Å². The van der Waals surface area contributed by atoms with Crippen LogP contribution in [0.5, 0.6) is 0 Å². The predicted molar refractivity (Wildman–Crippen MR) is 133 cm³/mol. The van der Waals surface area contributed by atoms with Crippen molar-refractivity contribution in [3.63, 3.8) is 0 Å². The molecule has 1 aliphatic rings. The first kappa shape index (κ1) is 21.1. The summed E-state index contributed by atoms with van der Waals surface area (Å²) in [5.74, 6) is 0.433. The highest BCUT2D eigenvalue weighted by Gasteiger charge is 2.34. The highest BCUT2D eigenvalue weighted by atomic mass is 32.2. The van der Waals surface area contributed by atoms with Crippen LogP contribution >= 0.6 is 11.8 Å². The summed E-state index contributed by atoms with van der Waals surface area (Å²) in [6, 6.07) is 24.4. The normalized spacial score (nSPS) is 16.7. The Morgan fingerprint density at radius 3 is 2.00 bits per heavy atom. The summed E-state index contributed by atoms with van der Waals surface area (Å²) < 4.78 is 0. The van der Waals surface area contributed by atoms with Crippen LogP contribution in [0.4, 0.5) is 11.4 Å². The molecule has 0 aromatic heterocycles. The number of aryl methyl sites for hydroxylation is 2. The van der Waals surface area contributed by atoms with Crippen LogP contribution in [0.3, 0.4) is 0 Å². The first-order valence-corrected chi connectivity index (χ1v) is 11.3. The van der Waals surface area contributed by atoms with Crippen molar-refractivity contribution in [1.29, 1.82) is 0 Å². The highest BCUT2D eigenvalue weighted by molar-refractivity contribution is 8.19. The van der Waals surface area contributed by atoms with E-state index >= 15 is 0 Å². The lowest BCUT2D eigenvalue weighted by atomic mass is 10.0. The van der Waals surface area contributed by atoms with Crippen LogP contribution in [0.15, 0.2) is 82.7 Å². The van der Waals surface area contributed by atoms with Gasteiger partial charge in [-0.3, -0.25) is 9.69 Å². The van der Waals surface area contributed by atoms with Crippen molar-refractivity contribution in [3.05, 3.63) is 100.0 Å². The fourth-order valence-electron chi connectivity index (χ4n) is 3.33. The molecule has 0 unspecified atom stereocenters. The molecule has 0 aliphatic carbocycles. The van der Waals surface area contributed by atoms with Crippen molar-refractivity contribution in [2.24, 2.45) is 4.99 Å². The number of rotatable bonds is 4. The Bertz CT molecular complexity index is 1140. The second-order valence-electron chi connectivity index (χ2n) is 8.14. The van der Waals surface area contributed by atoms with Gasteiger partial charge in [-0.2, -0.15) is 0 Å². The zero-order chi connectivity index (χ0) is 22.0. The van der Waals surface area contributed by atoms with E-state index in [4.69, 9.17) is 4.99 Å². The number of thioether (sulfide) groups is 1. The monoisotopic (exact) mass is 426 g/mol. The number of benzene rings is 3. The minimum absolute atomic E-state index is 0.0485. The lowest BCUT2D eigenvalue weighted by Gasteiger charge is -2.16. The summed E-state index contributed by atoms with van der Waals surface area (Å²) in [6.07, 6.45) is 1.95. The molecule has 1 amide bonds. The molecule has 0 bridgehead atoms. The van der Waals surface area contributed by atoms with E-state index in [2.05, 4.69) is 45.0 Å². The zero-order valence-corrected chi connectivity index (χ0v) is 19.1. The maximum Gasteiger partial charge on any atom is 0.271 e. The van der Waals surface area contributed by atoms with E-state index < -0.39 is 0 Å². The number of amides is 1. The van der Waals surface area contributed by atoms with Gasteiger partial charge < -0.3 is 0 Å². The molecule has 0 saturated carbocycles. The summed E-state index contributed by atoms with van der Waals surface area (Å²) >= 11 is 1.42. The Morgan fingerprint density at radius 1 is 0.839 bits per heavy atom. The van der Waals surface area contributed by atoms with E-state index in [0.717, 1.165) is 22.5 Å². The molecule has 0 spiro atoms. The van der Waals surface area contributed by atoms with E-state index in [9.17, 15) is 4.79 Å². The standard InChI is InChI=1S/C27H26N2OS/c1-18(2)22-11-9-21(10-12-22)17-25-26(30)29(24-15-7-20(4)8-16-24)27(31-25)28-23-13-5-19(3)6-14-23/h5-18H,1-4H3/b25-17-,28-27?. The molecule has 1 fully saturated rings. The smallest absolute Gasteiger partial charge is 0.268 e. The molecule has 0 N–H and O–H groups in total. The summed E-state index contributed by atoms with van der Waals surface area (Å²) in [7, 11) is 0. The van der Waals surface area contributed by atoms with Crippen molar-refractivity contribution in [2.75, 3.05) is 4.90 Å². The number of aliphatic imine (C=N–C) groups is 1. The van der Waals surface area contributed by atoms with Crippen LogP contribution in [-0.4, -0.2) is 11.1 Å². The van der Waals surface area contributed by atoms with E-state index in [-0.39, 0.29) is 5.91 Å². The van der Waals surface area contributed by atoms with Crippen LogP contribution in [0, 0.1) is 13.8 Å². The third-order valence-electron chi connectivity index (χ3n) is 5.26. The molecular formula is C27H26N2OS. The SMILES string of the molecule is Cc1ccc(N=C2S/C(=C\c3ccc(C(C)C)cc3)C(=O)N2c2ccc(C)cc2)cc1. The summed E-state index contributed by atoms with van der Waals surface area (Å²) in [6.45, 7) is 8.45. The van der Waals surface area contributed by atoms with E-state index in [1.165, 1.54) is 22.9 Å². The number of nitrogens with zero attached hydrogens (tertiary/aromatic N) is 2. The van der Waals surface area contributed by atoms with Gasteiger partial charge in [-0.25, -0.2) is 4.99 Å². The molecule has 0 radical (unpaired) electrons. The molecule has 3 nitrogen and oxygen atoms in total. The lowest BCUT2D eigenvalue weighted by molar-refractivity contribution is -0.113. The molecule has 31 heavy (non-hydrogen) atoms. The molecule has 1 aliphatic heterocycles. The number of carbonyl (C=O) groups excluding carboxylic acids is 1. The lowest BCUT2D eigenvalue weighted by Crippen LogP contribution is -2.28. The first-order valence-electron chi connectivity index (χ1n) is 10.5. The molecule has 0 atom stereocenters. The fourth-order valence-corrected chi connectivity index (χ4v) is 4.33. The number of hydrogen-bond donors (Lipinski definition) is 0. The average Bonchev–Trinajstić information content (AvgIpc) is 3.05. The Balaban J connectivity index is 1.72. The van der Waals surface area contributed by atoms with Gasteiger partial charge in [0.25, 0.3) is 5.91 Å². The second kappa shape index (κ2) is 8.94. The van der Waals surface area contributed by atoms with E-state index in [1.54, 1.807) is 4.90 Å². The number of anilines is 1. The Kier molecular flexibility index (Phi) is 6.10. The van der Waals surface area contributed by atoms with Gasteiger partial charge in [0.1, 0.15) is 0 Å². The van der Waals surface area contributed by atoms with Crippen molar-refractivity contribution in [2.45, 2.75) is 33.6 Å². The fraction of sp³-hybridized carbons (Fsp3) is 0.185. The molecule has 4 rings (SSSR count). The second-order valence-corrected chi connectivity index (χ2v) is 9.15. The maximum atomic E-state index is 13.4. The number of hydrogen-bond acceptors (Lipinski definition) is 3. The van der Waals surface area contributed by atoms with Crippen LogP contribution in [0.2, 0.25) is 0 Å². The largest absolute Gasteiger partial charge is 0.271 e. The molecule has 4 heteroatoms. The van der Waals surface area contributed by atoms with E-state index in [0.29, 0.717) is 16.0 Å². The van der Waals surface area contributed by atoms with Crippen molar-refractivity contribution in [1.82, 2.24) is 0 Å². The van der Waals surface area contributed by atoms with Crippen molar-refractivity contribution < 1.29 is 4.79 Å². The molecule has 1 saturated heterocycles.